The smallest absolute Gasteiger partial charge is 0.329 e. The Labute approximate surface area is 185 Å². The lowest BCUT2D eigenvalue weighted by molar-refractivity contribution is -0.136. The van der Waals surface area contributed by atoms with Crippen LogP contribution in [0.25, 0.3) is 0 Å². The fraction of sp³-hybridized carbons (Fsp3) is 0.0833. The summed E-state index contributed by atoms with van der Waals surface area (Å²) in [6, 6.07) is 20.8. The summed E-state index contributed by atoms with van der Waals surface area (Å²) in [5.41, 5.74) is 4.89. The average Bonchev–Trinajstić information content (AvgIpc) is 2.79. The fourth-order valence-electron chi connectivity index (χ4n) is 2.83. The standard InChI is InChI=1S/C24H22N4O4/c1-16-7-5-9-18(13-16)26-22(29)20-11-3-4-12-21(20)27-23(30)24(31)28-25-15-17-8-6-10-19(14-17)32-2/h3-15H,1-2H3,(H,26,29)(H,27,30)(H,28,31). The van der Waals surface area contributed by atoms with Gasteiger partial charge in [0.25, 0.3) is 5.91 Å². The third-order valence-corrected chi connectivity index (χ3v) is 4.38. The Morgan fingerprint density at radius 3 is 2.44 bits per heavy atom. The van der Waals surface area contributed by atoms with Crippen LogP contribution in [0.5, 0.6) is 5.75 Å². The Kier molecular flexibility index (Phi) is 7.32. The predicted octanol–water partition coefficient (Wildman–Crippen LogP) is 3.34. The number of hydrazone groups is 1. The summed E-state index contributed by atoms with van der Waals surface area (Å²) in [5, 5.41) is 9.01. The molecule has 0 aliphatic heterocycles. The molecule has 32 heavy (non-hydrogen) atoms. The summed E-state index contributed by atoms with van der Waals surface area (Å²) in [6.07, 6.45) is 1.39. The quantitative estimate of drug-likeness (QED) is 0.317. The number of amides is 3. The molecular weight excluding hydrogens is 408 g/mol. The van der Waals surface area contributed by atoms with E-state index in [0.717, 1.165) is 5.56 Å². The molecule has 0 unspecified atom stereocenters. The van der Waals surface area contributed by atoms with Crippen molar-refractivity contribution >= 4 is 35.3 Å². The topological polar surface area (TPSA) is 109 Å². The van der Waals surface area contributed by atoms with Crippen LogP contribution in [0.1, 0.15) is 21.5 Å². The van der Waals surface area contributed by atoms with Crippen LogP contribution in [-0.2, 0) is 9.59 Å². The van der Waals surface area contributed by atoms with Gasteiger partial charge < -0.3 is 15.4 Å². The van der Waals surface area contributed by atoms with Crippen LogP contribution in [0.2, 0.25) is 0 Å². The van der Waals surface area contributed by atoms with Crippen molar-refractivity contribution in [3.8, 4) is 5.75 Å². The maximum absolute atomic E-state index is 12.7. The van der Waals surface area contributed by atoms with E-state index < -0.39 is 17.7 Å². The van der Waals surface area contributed by atoms with E-state index in [-0.39, 0.29) is 11.3 Å². The number of ether oxygens (including phenoxy) is 1. The number of para-hydroxylation sites is 1. The molecule has 162 valence electrons. The third kappa shape index (κ3) is 6.02. The largest absolute Gasteiger partial charge is 0.497 e. The molecule has 0 heterocycles. The number of benzene rings is 3. The number of rotatable bonds is 6. The van der Waals surface area contributed by atoms with Crippen molar-refractivity contribution in [1.29, 1.82) is 0 Å². The van der Waals surface area contributed by atoms with Gasteiger partial charge in [0.2, 0.25) is 0 Å². The summed E-state index contributed by atoms with van der Waals surface area (Å²) in [6.45, 7) is 1.92. The second kappa shape index (κ2) is 10.5. The van der Waals surface area contributed by atoms with Gasteiger partial charge in [0.15, 0.2) is 0 Å². The van der Waals surface area contributed by atoms with Gasteiger partial charge in [-0.3, -0.25) is 14.4 Å². The van der Waals surface area contributed by atoms with Gasteiger partial charge in [-0.2, -0.15) is 5.10 Å². The average molecular weight is 430 g/mol. The Morgan fingerprint density at radius 2 is 1.66 bits per heavy atom. The summed E-state index contributed by atoms with van der Waals surface area (Å²) < 4.78 is 5.11. The van der Waals surface area contributed by atoms with E-state index in [1.807, 2.05) is 25.1 Å². The number of carbonyl (C=O) groups excluding carboxylic acids is 3. The Hall–Kier alpha value is -4.46. The molecule has 0 fully saturated rings. The minimum absolute atomic E-state index is 0.203. The fourth-order valence-corrected chi connectivity index (χ4v) is 2.83. The molecular formula is C24H22N4O4. The zero-order chi connectivity index (χ0) is 22.9. The molecule has 3 N–H and O–H groups in total. The van der Waals surface area contributed by atoms with Gasteiger partial charge in [-0.1, -0.05) is 36.4 Å². The molecule has 0 saturated heterocycles. The first-order valence-corrected chi connectivity index (χ1v) is 9.72. The third-order valence-electron chi connectivity index (χ3n) is 4.38. The second-order valence-electron chi connectivity index (χ2n) is 6.80. The van der Waals surface area contributed by atoms with E-state index in [2.05, 4.69) is 21.2 Å². The van der Waals surface area contributed by atoms with Crippen LogP contribution in [0.15, 0.2) is 77.9 Å². The van der Waals surface area contributed by atoms with Crippen LogP contribution in [0, 0.1) is 6.92 Å². The lowest BCUT2D eigenvalue weighted by atomic mass is 10.1. The first-order valence-electron chi connectivity index (χ1n) is 9.72. The van der Waals surface area contributed by atoms with Crippen molar-refractivity contribution in [2.75, 3.05) is 17.7 Å². The molecule has 8 nitrogen and oxygen atoms in total. The van der Waals surface area contributed by atoms with Crippen molar-refractivity contribution < 1.29 is 19.1 Å². The summed E-state index contributed by atoms with van der Waals surface area (Å²) >= 11 is 0. The molecule has 3 amide bonds. The molecule has 0 bridgehead atoms. The van der Waals surface area contributed by atoms with E-state index in [1.54, 1.807) is 55.6 Å². The zero-order valence-corrected chi connectivity index (χ0v) is 17.6. The maximum Gasteiger partial charge on any atom is 0.329 e. The first-order chi connectivity index (χ1) is 15.5. The summed E-state index contributed by atoms with van der Waals surface area (Å²) in [4.78, 5) is 37.1. The number of anilines is 2. The minimum Gasteiger partial charge on any atom is -0.497 e. The maximum atomic E-state index is 12.7. The lowest BCUT2D eigenvalue weighted by Gasteiger charge is -2.11. The highest BCUT2D eigenvalue weighted by molar-refractivity contribution is 6.40. The molecule has 0 spiro atoms. The van der Waals surface area contributed by atoms with Gasteiger partial charge in [-0.05, 0) is 54.4 Å². The van der Waals surface area contributed by atoms with Crippen LogP contribution in [0.3, 0.4) is 0 Å². The number of nitrogens with one attached hydrogen (secondary N) is 3. The molecule has 0 aromatic heterocycles. The molecule has 8 heteroatoms. The summed E-state index contributed by atoms with van der Waals surface area (Å²) in [5.74, 6) is -1.71. The van der Waals surface area contributed by atoms with Gasteiger partial charge in [-0.15, -0.1) is 0 Å². The normalized spacial score (nSPS) is 10.4. The SMILES string of the molecule is COc1cccc(C=NNC(=O)C(=O)Nc2ccccc2C(=O)Nc2cccc(C)c2)c1. The van der Waals surface area contributed by atoms with E-state index in [1.165, 1.54) is 12.3 Å². The molecule has 0 radical (unpaired) electrons. The van der Waals surface area contributed by atoms with Crippen LogP contribution in [0.4, 0.5) is 11.4 Å². The van der Waals surface area contributed by atoms with Gasteiger partial charge in [0.1, 0.15) is 5.75 Å². The monoisotopic (exact) mass is 430 g/mol. The van der Waals surface area contributed by atoms with Gasteiger partial charge in [0, 0.05) is 5.69 Å². The highest BCUT2D eigenvalue weighted by atomic mass is 16.5. The Morgan fingerprint density at radius 1 is 0.875 bits per heavy atom. The molecule has 3 aromatic rings. The van der Waals surface area contributed by atoms with E-state index in [9.17, 15) is 14.4 Å². The van der Waals surface area contributed by atoms with E-state index in [4.69, 9.17) is 4.74 Å². The molecule has 0 aliphatic carbocycles. The first kappa shape index (κ1) is 22.2. The van der Waals surface area contributed by atoms with Crippen molar-refractivity contribution in [3.63, 3.8) is 0 Å². The number of aryl methyl sites for hydroxylation is 1. The highest BCUT2D eigenvalue weighted by Gasteiger charge is 2.17. The summed E-state index contributed by atoms with van der Waals surface area (Å²) in [7, 11) is 1.54. The Bertz CT molecular complexity index is 1170. The van der Waals surface area contributed by atoms with E-state index in [0.29, 0.717) is 17.0 Å². The van der Waals surface area contributed by atoms with Crippen LogP contribution < -0.4 is 20.8 Å². The molecule has 3 aromatic carbocycles. The lowest BCUT2D eigenvalue weighted by Crippen LogP contribution is -2.33. The number of hydrogen-bond acceptors (Lipinski definition) is 5. The number of methoxy groups -OCH3 is 1. The van der Waals surface area contributed by atoms with E-state index >= 15 is 0 Å². The minimum atomic E-state index is -0.974. The van der Waals surface area contributed by atoms with Gasteiger partial charge in [0.05, 0.1) is 24.6 Å². The van der Waals surface area contributed by atoms with Crippen molar-refractivity contribution in [2.24, 2.45) is 5.10 Å². The molecule has 0 saturated carbocycles. The highest BCUT2D eigenvalue weighted by Crippen LogP contribution is 2.18. The molecule has 3 rings (SSSR count). The van der Waals surface area contributed by atoms with Crippen molar-refractivity contribution in [2.45, 2.75) is 6.92 Å². The Balaban J connectivity index is 1.63. The number of nitrogens with zero attached hydrogens (tertiary/aromatic N) is 1. The van der Waals surface area contributed by atoms with Crippen LogP contribution >= 0.6 is 0 Å². The van der Waals surface area contributed by atoms with Crippen molar-refractivity contribution in [3.05, 3.63) is 89.5 Å². The number of hydrogen-bond donors (Lipinski definition) is 3. The molecule has 0 aliphatic rings. The predicted molar refractivity (Wildman–Crippen MR) is 123 cm³/mol. The second-order valence-corrected chi connectivity index (χ2v) is 6.80. The molecule has 0 atom stereocenters. The zero-order valence-electron chi connectivity index (χ0n) is 17.6. The van der Waals surface area contributed by atoms with Crippen LogP contribution in [-0.4, -0.2) is 31.0 Å². The van der Waals surface area contributed by atoms with Gasteiger partial charge >= 0.3 is 11.8 Å². The van der Waals surface area contributed by atoms with Crippen molar-refractivity contribution in [1.82, 2.24) is 5.43 Å². The van der Waals surface area contributed by atoms with Gasteiger partial charge in [-0.25, -0.2) is 5.43 Å². The number of carbonyl (C=O) groups is 3.